The fourth-order valence-electron chi connectivity index (χ4n) is 2.25. The Hall–Kier alpha value is -2.76. The van der Waals surface area contributed by atoms with E-state index in [0.717, 1.165) is 5.56 Å². The second-order valence-corrected chi connectivity index (χ2v) is 5.23. The monoisotopic (exact) mass is 330 g/mol. The molecule has 0 radical (unpaired) electrons. The number of benzene rings is 1. The number of hydrogen-bond acceptors (Lipinski definition) is 4. The summed E-state index contributed by atoms with van der Waals surface area (Å²) >= 11 is 0. The molecule has 6 nitrogen and oxygen atoms in total. The first kappa shape index (κ1) is 17.6. The number of amides is 2. The lowest BCUT2D eigenvalue weighted by molar-refractivity contribution is 0.0683. The van der Waals surface area contributed by atoms with E-state index < -0.39 is 0 Å². The third kappa shape index (κ3) is 5.46. The van der Waals surface area contributed by atoms with Crippen LogP contribution in [0.2, 0.25) is 0 Å². The van der Waals surface area contributed by atoms with Crippen molar-refractivity contribution in [1.82, 2.24) is 9.80 Å². The normalized spacial score (nSPS) is 14.5. The van der Waals surface area contributed by atoms with Crippen LogP contribution in [0, 0.1) is 0 Å². The molecule has 1 aliphatic heterocycles. The Morgan fingerprint density at radius 1 is 0.958 bits per heavy atom. The molecule has 0 N–H and O–H groups in total. The molecule has 1 aliphatic rings. The molecule has 0 aromatic heterocycles. The largest absolute Gasteiger partial charge is 0.445 e. The van der Waals surface area contributed by atoms with Gasteiger partial charge in [-0.3, -0.25) is 0 Å². The van der Waals surface area contributed by atoms with Crippen LogP contribution in [0.15, 0.2) is 49.1 Å². The molecule has 0 atom stereocenters. The Labute approximate surface area is 141 Å². The maximum Gasteiger partial charge on any atom is 0.410 e. The van der Waals surface area contributed by atoms with Crippen molar-refractivity contribution in [3.63, 3.8) is 0 Å². The zero-order valence-electron chi connectivity index (χ0n) is 13.6. The minimum Gasteiger partial charge on any atom is -0.445 e. The Balaban J connectivity index is 1.68. The molecule has 1 saturated heterocycles. The van der Waals surface area contributed by atoms with Gasteiger partial charge in [0.2, 0.25) is 0 Å². The Kier molecular flexibility index (Phi) is 6.89. The van der Waals surface area contributed by atoms with E-state index in [1.807, 2.05) is 36.4 Å². The molecule has 1 fully saturated rings. The third-order valence-corrected chi connectivity index (χ3v) is 3.53. The molecule has 0 saturated carbocycles. The van der Waals surface area contributed by atoms with Gasteiger partial charge in [0.1, 0.15) is 13.2 Å². The molecule has 1 aromatic carbocycles. The summed E-state index contributed by atoms with van der Waals surface area (Å²) in [6.07, 6.45) is 4.48. The molecule has 1 aromatic rings. The number of nitrogens with zero attached hydrogens (tertiary/aromatic N) is 2. The highest BCUT2D eigenvalue weighted by molar-refractivity contribution is 5.70. The van der Waals surface area contributed by atoms with Gasteiger partial charge < -0.3 is 19.3 Å². The first-order valence-corrected chi connectivity index (χ1v) is 7.86. The van der Waals surface area contributed by atoms with Crippen molar-refractivity contribution in [3.8, 4) is 0 Å². The van der Waals surface area contributed by atoms with E-state index in [4.69, 9.17) is 9.47 Å². The van der Waals surface area contributed by atoms with E-state index in [1.54, 1.807) is 15.9 Å². The van der Waals surface area contributed by atoms with Crippen LogP contribution in [0.1, 0.15) is 5.56 Å². The van der Waals surface area contributed by atoms with E-state index in [-0.39, 0.29) is 25.4 Å². The quantitative estimate of drug-likeness (QED) is 0.779. The summed E-state index contributed by atoms with van der Waals surface area (Å²) in [6, 6.07) is 9.80. The summed E-state index contributed by atoms with van der Waals surface area (Å²) in [7, 11) is 0. The second-order valence-electron chi connectivity index (χ2n) is 5.23. The lowest BCUT2D eigenvalue weighted by Crippen LogP contribution is -2.50. The van der Waals surface area contributed by atoms with Gasteiger partial charge in [-0.1, -0.05) is 49.1 Å². The zero-order chi connectivity index (χ0) is 17.2. The molecule has 6 heteroatoms. The number of ether oxygens (including phenoxy) is 2. The molecule has 2 rings (SSSR count). The Morgan fingerprint density at radius 2 is 1.50 bits per heavy atom. The number of piperazine rings is 1. The minimum absolute atomic E-state index is 0.189. The Morgan fingerprint density at radius 3 is 2.04 bits per heavy atom. The number of hydrogen-bond donors (Lipinski definition) is 0. The van der Waals surface area contributed by atoms with Gasteiger partial charge in [0.25, 0.3) is 0 Å². The highest BCUT2D eigenvalue weighted by Gasteiger charge is 2.25. The average Bonchev–Trinajstić information content (AvgIpc) is 2.64. The van der Waals surface area contributed by atoms with Crippen molar-refractivity contribution in [2.75, 3.05) is 39.4 Å². The van der Waals surface area contributed by atoms with Crippen molar-refractivity contribution in [2.24, 2.45) is 0 Å². The lowest BCUT2D eigenvalue weighted by atomic mass is 10.2. The summed E-state index contributed by atoms with van der Waals surface area (Å²) in [6.45, 7) is 5.64. The summed E-state index contributed by atoms with van der Waals surface area (Å²) < 4.78 is 10.2. The van der Waals surface area contributed by atoms with Gasteiger partial charge in [0, 0.05) is 26.2 Å². The van der Waals surface area contributed by atoms with Crippen molar-refractivity contribution < 1.29 is 19.1 Å². The standard InChI is InChI=1S/C18H22N2O4/c1-2-14-23-17(21)19-10-12-20(13-11-19)18(22)24-15-6-9-16-7-4-3-5-8-16/h2-9H,1,10-15H2/b9-6+. The first-order chi connectivity index (χ1) is 11.7. The van der Waals surface area contributed by atoms with Crippen LogP contribution >= 0.6 is 0 Å². The van der Waals surface area contributed by atoms with E-state index in [0.29, 0.717) is 26.2 Å². The van der Waals surface area contributed by atoms with Crippen LogP contribution in [0.4, 0.5) is 9.59 Å². The predicted molar refractivity (Wildman–Crippen MR) is 91.5 cm³/mol. The molecule has 0 unspecified atom stereocenters. The first-order valence-electron chi connectivity index (χ1n) is 7.86. The van der Waals surface area contributed by atoms with Gasteiger partial charge in [0.05, 0.1) is 0 Å². The topological polar surface area (TPSA) is 59.1 Å². The van der Waals surface area contributed by atoms with Gasteiger partial charge in [-0.25, -0.2) is 9.59 Å². The molecule has 0 aliphatic carbocycles. The average molecular weight is 330 g/mol. The second kappa shape index (κ2) is 9.39. The third-order valence-electron chi connectivity index (χ3n) is 3.53. The van der Waals surface area contributed by atoms with Gasteiger partial charge in [-0.2, -0.15) is 0 Å². The molecule has 1 heterocycles. The van der Waals surface area contributed by atoms with E-state index in [2.05, 4.69) is 6.58 Å². The van der Waals surface area contributed by atoms with Crippen LogP contribution in [0.3, 0.4) is 0 Å². The highest BCUT2D eigenvalue weighted by atomic mass is 16.6. The molecule has 2 amide bonds. The van der Waals surface area contributed by atoms with Crippen molar-refractivity contribution >= 4 is 18.3 Å². The summed E-state index contributed by atoms with van der Waals surface area (Å²) in [5.74, 6) is 0. The van der Waals surface area contributed by atoms with Crippen LogP contribution in [0.5, 0.6) is 0 Å². The molecular weight excluding hydrogens is 308 g/mol. The van der Waals surface area contributed by atoms with Crippen LogP contribution in [0.25, 0.3) is 6.08 Å². The van der Waals surface area contributed by atoms with E-state index >= 15 is 0 Å². The SMILES string of the molecule is C=CCOC(=O)N1CCN(C(=O)OC/C=C/c2ccccc2)CC1. The summed E-state index contributed by atoms with van der Waals surface area (Å²) in [5.41, 5.74) is 1.06. The van der Waals surface area contributed by atoms with Crippen molar-refractivity contribution in [3.05, 3.63) is 54.6 Å². The maximum atomic E-state index is 12.0. The van der Waals surface area contributed by atoms with Gasteiger partial charge in [-0.15, -0.1) is 0 Å². The molecule has 0 spiro atoms. The number of rotatable bonds is 5. The molecular formula is C18H22N2O4. The van der Waals surface area contributed by atoms with E-state index in [9.17, 15) is 9.59 Å². The van der Waals surface area contributed by atoms with Gasteiger partial charge >= 0.3 is 12.2 Å². The number of carbonyl (C=O) groups is 2. The van der Waals surface area contributed by atoms with Crippen LogP contribution in [-0.4, -0.2) is 61.4 Å². The van der Waals surface area contributed by atoms with E-state index in [1.165, 1.54) is 6.08 Å². The predicted octanol–water partition coefficient (Wildman–Crippen LogP) is 2.78. The molecule has 24 heavy (non-hydrogen) atoms. The summed E-state index contributed by atoms with van der Waals surface area (Å²) in [4.78, 5) is 26.8. The number of carbonyl (C=O) groups excluding carboxylic acids is 2. The van der Waals surface area contributed by atoms with Crippen molar-refractivity contribution in [2.45, 2.75) is 0 Å². The maximum absolute atomic E-state index is 12.0. The lowest BCUT2D eigenvalue weighted by Gasteiger charge is -2.33. The fraction of sp³-hybridized carbons (Fsp3) is 0.333. The summed E-state index contributed by atoms with van der Waals surface area (Å²) in [5, 5.41) is 0. The van der Waals surface area contributed by atoms with Gasteiger partial charge in [0.15, 0.2) is 0 Å². The van der Waals surface area contributed by atoms with Gasteiger partial charge in [-0.05, 0) is 11.6 Å². The smallest absolute Gasteiger partial charge is 0.410 e. The Bertz CT molecular complexity index is 578. The zero-order valence-corrected chi connectivity index (χ0v) is 13.6. The molecule has 0 bridgehead atoms. The van der Waals surface area contributed by atoms with Crippen LogP contribution < -0.4 is 0 Å². The van der Waals surface area contributed by atoms with Crippen LogP contribution in [-0.2, 0) is 9.47 Å². The highest BCUT2D eigenvalue weighted by Crippen LogP contribution is 2.06. The van der Waals surface area contributed by atoms with Crippen molar-refractivity contribution in [1.29, 1.82) is 0 Å². The fourth-order valence-corrected chi connectivity index (χ4v) is 2.25. The minimum atomic E-state index is -0.381. The molecule has 128 valence electrons.